The van der Waals surface area contributed by atoms with Gasteiger partial charge in [-0.15, -0.1) is 0 Å². The van der Waals surface area contributed by atoms with Crippen LogP contribution in [0.25, 0.3) is 0 Å². The Morgan fingerprint density at radius 1 is 1.18 bits per heavy atom. The van der Waals surface area contributed by atoms with E-state index in [1.807, 2.05) is 55.1 Å². The zero-order chi connectivity index (χ0) is 15.9. The molecule has 1 amide bonds. The minimum Gasteiger partial charge on any atom is -0.481 e. The highest BCUT2D eigenvalue weighted by atomic mass is 79.9. The molecule has 114 valence electrons. The second-order valence-corrected chi connectivity index (χ2v) is 6.59. The first kappa shape index (κ1) is 15.1. The van der Waals surface area contributed by atoms with Gasteiger partial charge in [-0.05, 0) is 50.1 Å². The van der Waals surface area contributed by atoms with Gasteiger partial charge in [-0.3, -0.25) is 4.79 Å². The summed E-state index contributed by atoms with van der Waals surface area (Å²) < 4.78 is 6.83. The molecular formula is C18H18BrNO2. The number of carbonyl (C=O) groups excluding carboxylic acids is 1. The molecule has 0 bridgehead atoms. The maximum atomic E-state index is 12.8. The Labute approximate surface area is 139 Å². The molecule has 1 heterocycles. The van der Waals surface area contributed by atoms with Crippen molar-refractivity contribution in [2.75, 3.05) is 4.90 Å². The van der Waals surface area contributed by atoms with Crippen LogP contribution in [0.15, 0.2) is 40.9 Å². The summed E-state index contributed by atoms with van der Waals surface area (Å²) in [5, 5.41) is 0. The van der Waals surface area contributed by atoms with E-state index in [0.717, 1.165) is 32.6 Å². The standard InChI is InChI=1S/C18H18BrNO2/c1-11-5-4-6-12(2)17(11)20-10-14-9-15(19)7-8-16(14)22-13(3)18(20)21/h4-9,13H,10H2,1-3H3/t13-/m1/s1. The van der Waals surface area contributed by atoms with Crippen LogP contribution in [-0.4, -0.2) is 12.0 Å². The molecule has 0 aliphatic carbocycles. The highest BCUT2D eigenvalue weighted by Crippen LogP contribution is 2.33. The minimum absolute atomic E-state index is 0.00952. The molecule has 3 nitrogen and oxygen atoms in total. The van der Waals surface area contributed by atoms with Crippen LogP contribution < -0.4 is 9.64 Å². The minimum atomic E-state index is -0.499. The van der Waals surface area contributed by atoms with Gasteiger partial charge >= 0.3 is 0 Å². The molecule has 0 radical (unpaired) electrons. The molecule has 0 saturated heterocycles. The van der Waals surface area contributed by atoms with Crippen LogP contribution in [0.3, 0.4) is 0 Å². The fourth-order valence-electron chi connectivity index (χ4n) is 2.92. The average molecular weight is 360 g/mol. The topological polar surface area (TPSA) is 29.5 Å². The summed E-state index contributed by atoms with van der Waals surface area (Å²) in [6.07, 6.45) is -0.499. The zero-order valence-electron chi connectivity index (χ0n) is 12.9. The van der Waals surface area contributed by atoms with Crippen molar-refractivity contribution in [2.24, 2.45) is 0 Å². The summed E-state index contributed by atoms with van der Waals surface area (Å²) in [4.78, 5) is 14.6. The lowest BCUT2D eigenvalue weighted by Gasteiger charge is -2.26. The van der Waals surface area contributed by atoms with E-state index in [9.17, 15) is 4.79 Å². The van der Waals surface area contributed by atoms with Gasteiger partial charge in [0.25, 0.3) is 5.91 Å². The maximum absolute atomic E-state index is 12.8. The van der Waals surface area contributed by atoms with E-state index in [4.69, 9.17) is 4.74 Å². The predicted molar refractivity (Wildman–Crippen MR) is 91.3 cm³/mol. The zero-order valence-corrected chi connectivity index (χ0v) is 14.5. The second-order valence-electron chi connectivity index (χ2n) is 5.68. The number of fused-ring (bicyclic) bond motifs is 1. The highest BCUT2D eigenvalue weighted by molar-refractivity contribution is 9.10. The lowest BCUT2D eigenvalue weighted by atomic mass is 10.1. The number of halogens is 1. The first-order chi connectivity index (χ1) is 10.5. The number of amides is 1. The van der Waals surface area contributed by atoms with Gasteiger partial charge in [-0.25, -0.2) is 0 Å². The second kappa shape index (κ2) is 5.76. The first-order valence-electron chi connectivity index (χ1n) is 7.30. The molecule has 4 heteroatoms. The third-order valence-electron chi connectivity index (χ3n) is 3.98. The summed E-state index contributed by atoms with van der Waals surface area (Å²) >= 11 is 3.49. The molecule has 2 aromatic rings. The summed E-state index contributed by atoms with van der Waals surface area (Å²) in [6.45, 7) is 6.39. The third-order valence-corrected chi connectivity index (χ3v) is 4.47. The Balaban J connectivity index is 2.12. The molecule has 0 spiro atoms. The molecule has 22 heavy (non-hydrogen) atoms. The van der Waals surface area contributed by atoms with Crippen molar-refractivity contribution in [3.8, 4) is 5.75 Å². The van der Waals surface area contributed by atoms with Gasteiger partial charge < -0.3 is 9.64 Å². The normalized spacial score (nSPS) is 17.7. The fraction of sp³-hybridized carbons (Fsp3) is 0.278. The van der Waals surface area contributed by atoms with E-state index in [1.165, 1.54) is 0 Å². The van der Waals surface area contributed by atoms with Crippen LogP contribution in [0.1, 0.15) is 23.6 Å². The smallest absolute Gasteiger partial charge is 0.268 e. The van der Waals surface area contributed by atoms with Crippen molar-refractivity contribution in [1.29, 1.82) is 0 Å². The summed E-state index contributed by atoms with van der Waals surface area (Å²) in [5.74, 6) is 0.766. The van der Waals surface area contributed by atoms with Crippen molar-refractivity contribution in [3.63, 3.8) is 0 Å². The number of para-hydroxylation sites is 1. The maximum Gasteiger partial charge on any atom is 0.268 e. The molecule has 2 aromatic carbocycles. The van der Waals surface area contributed by atoms with E-state index in [0.29, 0.717) is 6.54 Å². The van der Waals surface area contributed by atoms with E-state index in [2.05, 4.69) is 15.9 Å². The number of anilines is 1. The summed E-state index contributed by atoms with van der Waals surface area (Å²) in [7, 11) is 0. The molecule has 0 aromatic heterocycles. The van der Waals surface area contributed by atoms with Crippen LogP contribution >= 0.6 is 15.9 Å². The molecule has 3 rings (SSSR count). The molecule has 0 saturated carbocycles. The number of nitrogens with zero attached hydrogens (tertiary/aromatic N) is 1. The number of hydrogen-bond donors (Lipinski definition) is 0. The van der Waals surface area contributed by atoms with E-state index >= 15 is 0 Å². The van der Waals surface area contributed by atoms with E-state index < -0.39 is 6.10 Å². The Bertz CT molecular complexity index is 722. The number of carbonyl (C=O) groups is 1. The molecule has 0 unspecified atom stereocenters. The SMILES string of the molecule is Cc1cccc(C)c1N1Cc2cc(Br)ccc2O[C@H](C)C1=O. The summed E-state index contributed by atoms with van der Waals surface area (Å²) in [5.41, 5.74) is 4.18. The van der Waals surface area contributed by atoms with Gasteiger partial charge in [-0.2, -0.15) is 0 Å². The number of hydrogen-bond acceptors (Lipinski definition) is 2. The van der Waals surface area contributed by atoms with Crippen LogP contribution in [0.2, 0.25) is 0 Å². The van der Waals surface area contributed by atoms with Crippen molar-refractivity contribution >= 4 is 27.5 Å². The molecular weight excluding hydrogens is 342 g/mol. The molecule has 1 atom stereocenters. The Morgan fingerprint density at radius 3 is 2.55 bits per heavy atom. The first-order valence-corrected chi connectivity index (χ1v) is 8.09. The molecule has 1 aliphatic rings. The molecule has 0 N–H and O–H groups in total. The molecule has 0 fully saturated rings. The van der Waals surface area contributed by atoms with Gasteiger partial charge in [0.05, 0.1) is 6.54 Å². The van der Waals surface area contributed by atoms with Crippen LogP contribution in [0.5, 0.6) is 5.75 Å². The van der Waals surface area contributed by atoms with E-state index in [1.54, 1.807) is 6.92 Å². The molecule has 1 aliphatic heterocycles. The van der Waals surface area contributed by atoms with Gasteiger partial charge in [0.2, 0.25) is 0 Å². The van der Waals surface area contributed by atoms with Crippen molar-refractivity contribution in [3.05, 3.63) is 57.6 Å². The number of rotatable bonds is 1. The fourth-order valence-corrected chi connectivity index (χ4v) is 3.32. The van der Waals surface area contributed by atoms with Gasteiger partial charge in [-0.1, -0.05) is 34.1 Å². The Kier molecular flexibility index (Phi) is 3.96. The largest absolute Gasteiger partial charge is 0.481 e. The van der Waals surface area contributed by atoms with Crippen molar-refractivity contribution in [2.45, 2.75) is 33.4 Å². The van der Waals surface area contributed by atoms with Gasteiger partial charge in [0, 0.05) is 15.7 Å². The van der Waals surface area contributed by atoms with Crippen LogP contribution in [-0.2, 0) is 11.3 Å². The average Bonchev–Trinajstić information content (AvgIpc) is 2.58. The van der Waals surface area contributed by atoms with Crippen molar-refractivity contribution in [1.82, 2.24) is 0 Å². The monoisotopic (exact) mass is 359 g/mol. The predicted octanol–water partition coefficient (Wildman–Crippen LogP) is 4.38. The number of ether oxygens (including phenoxy) is 1. The third kappa shape index (κ3) is 2.63. The van der Waals surface area contributed by atoms with E-state index in [-0.39, 0.29) is 5.91 Å². The van der Waals surface area contributed by atoms with Crippen LogP contribution in [0.4, 0.5) is 5.69 Å². The van der Waals surface area contributed by atoms with Crippen LogP contribution in [0, 0.1) is 13.8 Å². The highest BCUT2D eigenvalue weighted by Gasteiger charge is 2.30. The Morgan fingerprint density at radius 2 is 1.86 bits per heavy atom. The Hall–Kier alpha value is -1.81. The lowest BCUT2D eigenvalue weighted by Crippen LogP contribution is -2.38. The number of aryl methyl sites for hydroxylation is 2. The summed E-state index contributed by atoms with van der Waals surface area (Å²) in [6, 6.07) is 12.0. The lowest BCUT2D eigenvalue weighted by molar-refractivity contribution is -0.124. The number of benzene rings is 2. The van der Waals surface area contributed by atoms with Gasteiger partial charge in [0.1, 0.15) is 5.75 Å². The van der Waals surface area contributed by atoms with Crippen molar-refractivity contribution < 1.29 is 9.53 Å². The van der Waals surface area contributed by atoms with Gasteiger partial charge in [0.15, 0.2) is 6.10 Å². The quantitative estimate of drug-likeness (QED) is 0.755.